The summed E-state index contributed by atoms with van der Waals surface area (Å²) in [5.41, 5.74) is 1.26. The standard InChI is InChI=1S/C40H38O13/c1-23-30(49-35(42)24-14-6-2-7-15-24)33(50-36(43)25-16-8-3-9-17-25)34(51-37(44)26-18-10-4-11-19-26)40(47-23)53-32-29(41)38(45)48-28-22-46-39(52-31(28)32)27-20-12-5-13-21-27/h2-21,23,28-34,38-41,45H,22H2,1H3/t23-,28+,29+,30-,31+,32+,33+,34+,38?,39?,40-/m0/s1. The average molecular weight is 727 g/mol. The number of esters is 3. The highest BCUT2D eigenvalue weighted by Gasteiger charge is 2.56. The predicted molar refractivity (Wildman–Crippen MR) is 183 cm³/mol. The van der Waals surface area contributed by atoms with Gasteiger partial charge in [-0.25, -0.2) is 14.4 Å². The second kappa shape index (κ2) is 16.4. The molecule has 53 heavy (non-hydrogen) atoms. The molecule has 0 bridgehead atoms. The molecule has 2 N–H and O–H groups in total. The molecule has 0 aliphatic carbocycles. The quantitative estimate of drug-likeness (QED) is 0.188. The SMILES string of the molecule is C[C@@H]1O[C@@H](O[C@H]2[C@@H]3OC(c4ccccc4)OC[C@H]3OC(O)[C@@H]2O)[C@H](OC(=O)c2ccccc2)[C@H](OC(=O)c2ccccc2)[C@H]1OC(=O)c1ccccc1. The minimum Gasteiger partial charge on any atom is -0.452 e. The number of benzene rings is 4. The lowest BCUT2D eigenvalue weighted by Gasteiger charge is -2.49. The molecule has 3 aliphatic heterocycles. The van der Waals surface area contributed by atoms with Gasteiger partial charge in [0.2, 0.25) is 0 Å². The first kappa shape index (κ1) is 36.4. The van der Waals surface area contributed by atoms with E-state index in [4.69, 9.17) is 37.9 Å². The zero-order valence-corrected chi connectivity index (χ0v) is 28.5. The van der Waals surface area contributed by atoms with Crippen LogP contribution in [0, 0.1) is 0 Å². The summed E-state index contributed by atoms with van der Waals surface area (Å²) in [6.07, 6.45) is -14.5. The van der Waals surface area contributed by atoms with Crippen LogP contribution < -0.4 is 0 Å². The van der Waals surface area contributed by atoms with Crippen LogP contribution in [0.2, 0.25) is 0 Å². The Morgan fingerprint density at radius 2 is 1.06 bits per heavy atom. The van der Waals surface area contributed by atoms with Crippen molar-refractivity contribution in [2.75, 3.05) is 6.61 Å². The van der Waals surface area contributed by atoms with Crippen molar-refractivity contribution in [2.24, 2.45) is 0 Å². The maximum absolute atomic E-state index is 13.7. The fraction of sp³-hybridized carbons (Fsp3) is 0.325. The fourth-order valence-electron chi connectivity index (χ4n) is 6.47. The van der Waals surface area contributed by atoms with Crippen molar-refractivity contribution < 1.29 is 62.5 Å². The molecule has 0 aromatic heterocycles. The number of carbonyl (C=O) groups is 3. The maximum atomic E-state index is 13.7. The minimum absolute atomic E-state index is 0.0168. The molecule has 3 heterocycles. The lowest BCUT2D eigenvalue weighted by Crippen LogP contribution is -2.66. The van der Waals surface area contributed by atoms with E-state index in [-0.39, 0.29) is 23.3 Å². The zero-order valence-electron chi connectivity index (χ0n) is 28.5. The zero-order chi connectivity index (χ0) is 36.9. The van der Waals surface area contributed by atoms with E-state index in [0.29, 0.717) is 5.56 Å². The maximum Gasteiger partial charge on any atom is 0.338 e. The summed E-state index contributed by atoms with van der Waals surface area (Å²) in [6, 6.07) is 33.5. The molecule has 13 heteroatoms. The van der Waals surface area contributed by atoms with Gasteiger partial charge in [-0.1, -0.05) is 84.9 Å². The van der Waals surface area contributed by atoms with Gasteiger partial charge in [0.05, 0.1) is 29.4 Å². The smallest absolute Gasteiger partial charge is 0.338 e. The molecule has 276 valence electrons. The second-order valence-electron chi connectivity index (χ2n) is 12.8. The summed E-state index contributed by atoms with van der Waals surface area (Å²) >= 11 is 0. The largest absolute Gasteiger partial charge is 0.452 e. The van der Waals surface area contributed by atoms with Crippen LogP contribution in [0.3, 0.4) is 0 Å². The van der Waals surface area contributed by atoms with Gasteiger partial charge >= 0.3 is 17.9 Å². The van der Waals surface area contributed by atoms with Crippen LogP contribution in [-0.4, -0.2) is 96.1 Å². The molecule has 4 aromatic carbocycles. The Morgan fingerprint density at radius 3 is 1.58 bits per heavy atom. The van der Waals surface area contributed by atoms with Gasteiger partial charge in [-0.05, 0) is 43.3 Å². The molecular formula is C40H38O13. The van der Waals surface area contributed by atoms with Crippen LogP contribution in [0.4, 0.5) is 0 Å². The van der Waals surface area contributed by atoms with Crippen molar-refractivity contribution in [3.8, 4) is 0 Å². The van der Waals surface area contributed by atoms with Gasteiger partial charge in [0.1, 0.15) is 24.4 Å². The van der Waals surface area contributed by atoms with Crippen molar-refractivity contribution in [1.29, 1.82) is 0 Å². The molecule has 0 amide bonds. The number of ether oxygens (including phenoxy) is 8. The highest BCUT2D eigenvalue weighted by molar-refractivity contribution is 5.91. The molecule has 0 saturated carbocycles. The molecule has 7 rings (SSSR count). The van der Waals surface area contributed by atoms with Gasteiger partial charge < -0.3 is 48.1 Å². The number of rotatable bonds is 9. The first-order chi connectivity index (χ1) is 25.8. The Morgan fingerprint density at radius 1 is 0.585 bits per heavy atom. The number of hydrogen-bond acceptors (Lipinski definition) is 13. The molecule has 0 spiro atoms. The number of carbonyl (C=O) groups excluding carboxylic acids is 3. The van der Waals surface area contributed by atoms with E-state index in [1.54, 1.807) is 85.8 Å². The van der Waals surface area contributed by atoms with Crippen LogP contribution in [0.1, 0.15) is 49.9 Å². The van der Waals surface area contributed by atoms with Gasteiger partial charge in [-0.15, -0.1) is 0 Å². The molecule has 0 radical (unpaired) electrons. The Hall–Kier alpha value is -4.99. The molecule has 3 fully saturated rings. The van der Waals surface area contributed by atoms with Crippen molar-refractivity contribution in [3.63, 3.8) is 0 Å². The topological polar surface area (TPSA) is 166 Å². The van der Waals surface area contributed by atoms with E-state index in [9.17, 15) is 24.6 Å². The van der Waals surface area contributed by atoms with E-state index >= 15 is 0 Å². The molecule has 13 nitrogen and oxygen atoms in total. The predicted octanol–water partition coefficient (Wildman–Crippen LogP) is 3.99. The summed E-state index contributed by atoms with van der Waals surface area (Å²) in [6.45, 7) is 1.56. The molecule has 11 atom stereocenters. The number of hydrogen-bond donors (Lipinski definition) is 2. The van der Waals surface area contributed by atoms with Crippen LogP contribution in [0.25, 0.3) is 0 Å². The molecule has 3 aliphatic rings. The average Bonchev–Trinajstić information content (AvgIpc) is 3.20. The summed E-state index contributed by atoms with van der Waals surface area (Å²) in [7, 11) is 0. The van der Waals surface area contributed by atoms with Gasteiger partial charge in [0, 0.05) is 5.56 Å². The third-order valence-electron chi connectivity index (χ3n) is 9.17. The third-order valence-corrected chi connectivity index (χ3v) is 9.17. The minimum atomic E-state index is -1.71. The fourth-order valence-corrected chi connectivity index (χ4v) is 6.47. The van der Waals surface area contributed by atoms with Crippen molar-refractivity contribution in [1.82, 2.24) is 0 Å². The monoisotopic (exact) mass is 726 g/mol. The van der Waals surface area contributed by atoms with Crippen molar-refractivity contribution >= 4 is 17.9 Å². The second-order valence-corrected chi connectivity index (χ2v) is 12.8. The normalized spacial score (nSPS) is 31.0. The van der Waals surface area contributed by atoms with Gasteiger partial charge in [-0.3, -0.25) is 0 Å². The van der Waals surface area contributed by atoms with E-state index in [2.05, 4.69) is 0 Å². The first-order valence-electron chi connectivity index (χ1n) is 17.2. The number of aliphatic hydroxyl groups is 2. The van der Waals surface area contributed by atoms with Crippen LogP contribution in [0.5, 0.6) is 0 Å². The third kappa shape index (κ3) is 8.16. The summed E-state index contributed by atoms with van der Waals surface area (Å²) in [5.74, 6) is -2.37. The van der Waals surface area contributed by atoms with Crippen molar-refractivity contribution in [2.45, 2.75) is 74.6 Å². The van der Waals surface area contributed by atoms with Gasteiger partial charge in [0.15, 0.2) is 37.2 Å². The Bertz CT molecular complexity index is 1830. The Labute approximate surface area is 304 Å². The van der Waals surface area contributed by atoms with Gasteiger partial charge in [0.25, 0.3) is 0 Å². The summed E-state index contributed by atoms with van der Waals surface area (Å²) < 4.78 is 48.5. The Balaban J connectivity index is 1.24. The first-order valence-corrected chi connectivity index (χ1v) is 17.2. The number of fused-ring (bicyclic) bond motifs is 1. The molecule has 2 unspecified atom stereocenters. The van der Waals surface area contributed by atoms with E-state index in [1.807, 2.05) is 30.3 Å². The van der Waals surface area contributed by atoms with E-state index in [0.717, 1.165) is 0 Å². The highest BCUT2D eigenvalue weighted by atomic mass is 16.8. The molecule has 4 aromatic rings. The number of aliphatic hydroxyl groups excluding tert-OH is 2. The van der Waals surface area contributed by atoms with E-state index < -0.39 is 85.6 Å². The molecular weight excluding hydrogens is 688 g/mol. The van der Waals surface area contributed by atoms with Crippen LogP contribution in [0.15, 0.2) is 121 Å². The van der Waals surface area contributed by atoms with E-state index in [1.165, 1.54) is 12.1 Å². The lowest BCUT2D eigenvalue weighted by molar-refractivity contribution is -0.386. The summed E-state index contributed by atoms with van der Waals surface area (Å²) in [4.78, 5) is 40.8. The molecule has 3 saturated heterocycles. The van der Waals surface area contributed by atoms with Gasteiger partial charge in [-0.2, -0.15) is 0 Å². The Kier molecular flexibility index (Phi) is 11.2. The highest BCUT2D eigenvalue weighted by Crippen LogP contribution is 2.38. The van der Waals surface area contributed by atoms with Crippen molar-refractivity contribution in [3.05, 3.63) is 144 Å². The van der Waals surface area contributed by atoms with Crippen LogP contribution >= 0.6 is 0 Å². The lowest BCUT2D eigenvalue weighted by atomic mass is 9.95. The summed E-state index contributed by atoms with van der Waals surface area (Å²) in [5, 5.41) is 22.0. The van der Waals surface area contributed by atoms with Crippen LogP contribution in [-0.2, 0) is 37.9 Å².